The fourth-order valence-electron chi connectivity index (χ4n) is 2.74. The summed E-state index contributed by atoms with van der Waals surface area (Å²) in [6.07, 6.45) is 0. The summed E-state index contributed by atoms with van der Waals surface area (Å²) in [5.74, 6) is -0.457. The zero-order chi connectivity index (χ0) is 17.5. The molecule has 2 aromatic carbocycles. The molecule has 0 atom stereocenters. The zero-order valence-corrected chi connectivity index (χ0v) is 14.5. The van der Waals surface area contributed by atoms with Crippen LogP contribution in [0.5, 0.6) is 0 Å². The van der Waals surface area contributed by atoms with Crippen molar-refractivity contribution in [2.45, 2.75) is 32.2 Å². The van der Waals surface area contributed by atoms with Gasteiger partial charge in [-0.1, -0.05) is 17.7 Å². The fraction of sp³-hybridized carbons (Fsp3) is 0.235. The molecule has 0 fully saturated rings. The minimum absolute atomic E-state index is 0.223. The molecule has 1 aromatic heterocycles. The van der Waals surface area contributed by atoms with Crippen molar-refractivity contribution >= 4 is 26.8 Å². The number of benzene rings is 2. The number of nitrogens with zero attached hydrogens (tertiary/aromatic N) is 1. The number of oxazole rings is 1. The Morgan fingerprint density at radius 2 is 1.88 bits per heavy atom. The number of anilines is 1. The van der Waals surface area contributed by atoms with E-state index in [1.807, 2.05) is 19.9 Å². The number of nitrogens with one attached hydrogen (secondary N) is 1. The molecule has 7 heteroatoms. The van der Waals surface area contributed by atoms with Crippen LogP contribution in [0.3, 0.4) is 0 Å². The lowest BCUT2D eigenvalue weighted by Gasteiger charge is -2.11. The predicted octanol–water partition coefficient (Wildman–Crippen LogP) is 3.03. The Hall–Kier alpha value is -2.54. The van der Waals surface area contributed by atoms with E-state index < -0.39 is 15.8 Å². The van der Waals surface area contributed by atoms with E-state index in [2.05, 4.69) is 4.72 Å². The molecular weight excluding hydrogens is 328 g/mol. The van der Waals surface area contributed by atoms with Gasteiger partial charge in [-0.2, -0.15) is 0 Å². The summed E-state index contributed by atoms with van der Waals surface area (Å²) in [4.78, 5) is 11.9. The second kappa shape index (κ2) is 5.83. The Kier molecular flexibility index (Phi) is 3.96. The number of rotatable bonds is 4. The lowest BCUT2D eigenvalue weighted by molar-refractivity contribution is 0.513. The van der Waals surface area contributed by atoms with Crippen molar-refractivity contribution in [2.24, 2.45) is 0 Å². The van der Waals surface area contributed by atoms with Gasteiger partial charge in [-0.3, -0.25) is 9.29 Å². The van der Waals surface area contributed by atoms with Crippen LogP contribution in [0.2, 0.25) is 0 Å². The molecule has 0 amide bonds. The number of fused-ring (bicyclic) bond motifs is 1. The average molecular weight is 346 g/mol. The topological polar surface area (TPSA) is 81.3 Å². The van der Waals surface area contributed by atoms with Gasteiger partial charge in [0.05, 0.1) is 16.1 Å². The van der Waals surface area contributed by atoms with E-state index in [1.165, 1.54) is 10.6 Å². The minimum Gasteiger partial charge on any atom is -0.408 e. The summed E-state index contributed by atoms with van der Waals surface area (Å²) >= 11 is 0. The minimum atomic E-state index is -3.71. The van der Waals surface area contributed by atoms with Gasteiger partial charge in [0.25, 0.3) is 10.0 Å². The number of hydrogen-bond acceptors (Lipinski definition) is 4. The zero-order valence-electron chi connectivity index (χ0n) is 13.7. The molecule has 0 unspecified atom stereocenters. The maximum absolute atomic E-state index is 12.6. The Morgan fingerprint density at radius 1 is 1.12 bits per heavy atom. The van der Waals surface area contributed by atoms with Gasteiger partial charge in [-0.25, -0.2) is 13.2 Å². The molecule has 0 radical (unpaired) electrons. The van der Waals surface area contributed by atoms with Crippen LogP contribution in [0.4, 0.5) is 5.69 Å². The number of aryl methyl sites for hydroxylation is 3. The van der Waals surface area contributed by atoms with Crippen LogP contribution in [0.1, 0.15) is 18.1 Å². The van der Waals surface area contributed by atoms with Crippen molar-refractivity contribution in [1.82, 2.24) is 4.57 Å². The van der Waals surface area contributed by atoms with Crippen LogP contribution >= 0.6 is 0 Å². The van der Waals surface area contributed by atoms with Gasteiger partial charge >= 0.3 is 5.76 Å². The van der Waals surface area contributed by atoms with Gasteiger partial charge in [0.15, 0.2) is 5.58 Å². The Morgan fingerprint density at radius 3 is 2.54 bits per heavy atom. The standard InChI is InChI=1S/C17H18N2O4S/c1-4-19-14-7-6-13(10-15(14)23-17(19)20)18-24(21,22)16-8-5-11(2)9-12(16)3/h5-10,18H,4H2,1-3H3. The second-order valence-corrected chi connectivity index (χ2v) is 7.32. The summed E-state index contributed by atoms with van der Waals surface area (Å²) in [7, 11) is -3.71. The molecule has 3 aromatic rings. The van der Waals surface area contributed by atoms with Crippen molar-refractivity contribution in [1.29, 1.82) is 0 Å². The van der Waals surface area contributed by atoms with E-state index in [4.69, 9.17) is 4.42 Å². The maximum Gasteiger partial charge on any atom is 0.419 e. The molecule has 1 heterocycles. The Labute approximate surface area is 139 Å². The highest BCUT2D eigenvalue weighted by Crippen LogP contribution is 2.23. The van der Waals surface area contributed by atoms with Gasteiger partial charge in [0.1, 0.15) is 0 Å². The molecular formula is C17H18N2O4S. The van der Waals surface area contributed by atoms with Crippen LogP contribution in [0, 0.1) is 13.8 Å². The van der Waals surface area contributed by atoms with Crippen molar-refractivity contribution < 1.29 is 12.8 Å². The van der Waals surface area contributed by atoms with Gasteiger partial charge in [0, 0.05) is 12.6 Å². The highest BCUT2D eigenvalue weighted by atomic mass is 32.2. The van der Waals surface area contributed by atoms with E-state index in [0.717, 1.165) is 5.56 Å². The third-order valence-electron chi connectivity index (χ3n) is 3.86. The molecule has 126 valence electrons. The summed E-state index contributed by atoms with van der Waals surface area (Å²) < 4.78 is 34.4. The largest absolute Gasteiger partial charge is 0.419 e. The van der Waals surface area contributed by atoms with Crippen LogP contribution in [0.25, 0.3) is 11.1 Å². The SMILES string of the molecule is CCn1c(=O)oc2cc(NS(=O)(=O)c3ccc(C)cc3C)ccc21. The van der Waals surface area contributed by atoms with E-state index in [9.17, 15) is 13.2 Å². The third kappa shape index (κ3) is 2.82. The first-order chi connectivity index (χ1) is 11.3. The molecule has 0 spiro atoms. The highest BCUT2D eigenvalue weighted by Gasteiger charge is 2.18. The van der Waals surface area contributed by atoms with Crippen LogP contribution in [-0.4, -0.2) is 13.0 Å². The molecule has 0 bridgehead atoms. The van der Waals surface area contributed by atoms with E-state index in [0.29, 0.717) is 28.9 Å². The van der Waals surface area contributed by atoms with E-state index in [1.54, 1.807) is 31.2 Å². The molecule has 24 heavy (non-hydrogen) atoms. The fourth-order valence-corrected chi connectivity index (χ4v) is 4.02. The average Bonchev–Trinajstić information content (AvgIpc) is 2.80. The lowest BCUT2D eigenvalue weighted by Crippen LogP contribution is -2.14. The first-order valence-corrected chi connectivity index (χ1v) is 9.03. The van der Waals surface area contributed by atoms with Crippen molar-refractivity contribution in [3.63, 3.8) is 0 Å². The van der Waals surface area contributed by atoms with Gasteiger partial charge in [-0.05, 0) is 44.5 Å². The molecule has 1 N–H and O–H groups in total. The van der Waals surface area contributed by atoms with Gasteiger partial charge < -0.3 is 4.42 Å². The van der Waals surface area contributed by atoms with Crippen molar-refractivity contribution in [3.05, 3.63) is 58.1 Å². The van der Waals surface area contributed by atoms with Crippen LogP contribution in [-0.2, 0) is 16.6 Å². The molecule has 0 aliphatic heterocycles. The number of aromatic nitrogens is 1. The summed E-state index contributed by atoms with van der Waals surface area (Å²) in [6.45, 7) is 5.99. The normalized spacial score (nSPS) is 11.8. The Bertz CT molecular complexity index is 1080. The van der Waals surface area contributed by atoms with E-state index >= 15 is 0 Å². The van der Waals surface area contributed by atoms with Crippen LogP contribution < -0.4 is 10.5 Å². The summed E-state index contributed by atoms with van der Waals surface area (Å²) in [5.41, 5.74) is 3.00. The van der Waals surface area contributed by atoms with E-state index in [-0.39, 0.29) is 4.90 Å². The molecule has 6 nitrogen and oxygen atoms in total. The first-order valence-electron chi connectivity index (χ1n) is 7.55. The molecule has 0 aliphatic carbocycles. The Balaban J connectivity index is 2.01. The first kappa shape index (κ1) is 16.3. The summed E-state index contributed by atoms with van der Waals surface area (Å²) in [6, 6.07) is 9.96. The third-order valence-corrected chi connectivity index (χ3v) is 5.40. The molecule has 0 aliphatic rings. The van der Waals surface area contributed by atoms with Gasteiger partial charge in [-0.15, -0.1) is 0 Å². The maximum atomic E-state index is 12.6. The highest BCUT2D eigenvalue weighted by molar-refractivity contribution is 7.92. The lowest BCUT2D eigenvalue weighted by atomic mass is 10.2. The smallest absolute Gasteiger partial charge is 0.408 e. The molecule has 0 saturated carbocycles. The van der Waals surface area contributed by atoms with Crippen LogP contribution in [0.15, 0.2) is 50.5 Å². The number of sulfonamides is 1. The van der Waals surface area contributed by atoms with Gasteiger partial charge in [0.2, 0.25) is 0 Å². The second-order valence-electron chi connectivity index (χ2n) is 5.67. The van der Waals surface area contributed by atoms with Crippen molar-refractivity contribution in [3.8, 4) is 0 Å². The summed E-state index contributed by atoms with van der Waals surface area (Å²) in [5, 5.41) is 0. The number of hydrogen-bond donors (Lipinski definition) is 1. The monoisotopic (exact) mass is 346 g/mol. The van der Waals surface area contributed by atoms with Crippen molar-refractivity contribution in [2.75, 3.05) is 4.72 Å². The molecule has 0 saturated heterocycles. The predicted molar refractivity (Wildman–Crippen MR) is 92.9 cm³/mol. The quantitative estimate of drug-likeness (QED) is 0.787. The molecule has 3 rings (SSSR count).